The maximum absolute atomic E-state index is 12.9. The number of halogens is 3. The molecule has 0 aliphatic heterocycles. The highest BCUT2D eigenvalue weighted by molar-refractivity contribution is 6.30. The lowest BCUT2D eigenvalue weighted by molar-refractivity contribution is -0.132. The van der Waals surface area contributed by atoms with Gasteiger partial charge in [0, 0.05) is 11.9 Å². The second kappa shape index (κ2) is 3.70. The van der Waals surface area contributed by atoms with Gasteiger partial charge >= 0.3 is 5.97 Å². The van der Waals surface area contributed by atoms with Gasteiger partial charge in [-0.1, -0.05) is 11.6 Å². The van der Waals surface area contributed by atoms with Crippen molar-refractivity contribution in [2.24, 2.45) is 0 Å². The molecule has 0 heterocycles. The molecule has 2 nitrogen and oxygen atoms in total. The first-order chi connectivity index (χ1) is 6.00. The second-order valence-corrected chi connectivity index (χ2v) is 2.73. The molecule has 1 aromatic carbocycles. The van der Waals surface area contributed by atoms with Crippen molar-refractivity contribution in [3.8, 4) is 5.75 Å². The van der Waals surface area contributed by atoms with Gasteiger partial charge in [0.1, 0.15) is 0 Å². The van der Waals surface area contributed by atoms with Crippen LogP contribution in [0.15, 0.2) is 12.1 Å². The SMILES string of the molecule is CC(=O)Oc1c(F)cc(Cl)cc1F. The van der Waals surface area contributed by atoms with Crippen LogP contribution >= 0.6 is 11.6 Å². The van der Waals surface area contributed by atoms with E-state index in [0.29, 0.717) is 0 Å². The van der Waals surface area contributed by atoms with Crippen LogP contribution in [0, 0.1) is 11.6 Å². The average molecular weight is 207 g/mol. The molecule has 0 fully saturated rings. The Morgan fingerprint density at radius 3 is 2.23 bits per heavy atom. The molecule has 0 spiro atoms. The molecule has 13 heavy (non-hydrogen) atoms. The highest BCUT2D eigenvalue weighted by Gasteiger charge is 2.13. The molecular formula is C8H5ClF2O2. The lowest BCUT2D eigenvalue weighted by Gasteiger charge is -2.03. The summed E-state index contributed by atoms with van der Waals surface area (Å²) in [6.45, 7) is 1.05. The molecule has 0 radical (unpaired) electrons. The zero-order valence-electron chi connectivity index (χ0n) is 6.61. The number of benzene rings is 1. The molecule has 0 atom stereocenters. The highest BCUT2D eigenvalue weighted by atomic mass is 35.5. The quantitative estimate of drug-likeness (QED) is 0.521. The van der Waals surface area contributed by atoms with Crippen molar-refractivity contribution >= 4 is 17.6 Å². The van der Waals surface area contributed by atoms with Crippen LogP contribution in [-0.2, 0) is 4.79 Å². The van der Waals surface area contributed by atoms with Crippen molar-refractivity contribution in [1.29, 1.82) is 0 Å². The van der Waals surface area contributed by atoms with Gasteiger partial charge in [-0.25, -0.2) is 8.78 Å². The van der Waals surface area contributed by atoms with Crippen LogP contribution in [0.2, 0.25) is 5.02 Å². The van der Waals surface area contributed by atoms with Crippen molar-refractivity contribution in [2.45, 2.75) is 6.92 Å². The number of hydrogen-bond donors (Lipinski definition) is 0. The van der Waals surface area contributed by atoms with Crippen LogP contribution in [0.1, 0.15) is 6.92 Å². The van der Waals surface area contributed by atoms with E-state index in [1.165, 1.54) is 0 Å². The molecule has 0 unspecified atom stereocenters. The van der Waals surface area contributed by atoms with E-state index in [1.807, 2.05) is 0 Å². The normalized spacial score (nSPS) is 9.85. The molecule has 1 aromatic rings. The Balaban J connectivity index is 3.13. The minimum atomic E-state index is -1.000. The van der Waals surface area contributed by atoms with Gasteiger partial charge in [-0.3, -0.25) is 4.79 Å². The van der Waals surface area contributed by atoms with Gasteiger partial charge in [0.15, 0.2) is 11.6 Å². The fourth-order valence-electron chi connectivity index (χ4n) is 0.770. The topological polar surface area (TPSA) is 26.3 Å². The monoisotopic (exact) mass is 206 g/mol. The minimum absolute atomic E-state index is 0.0918. The summed E-state index contributed by atoms with van der Waals surface area (Å²) in [5.74, 6) is -3.52. The van der Waals surface area contributed by atoms with Crippen molar-refractivity contribution in [3.05, 3.63) is 28.8 Å². The Morgan fingerprint density at radius 2 is 1.85 bits per heavy atom. The summed E-state index contributed by atoms with van der Waals surface area (Å²) in [5.41, 5.74) is 0. The standard InChI is InChI=1S/C8H5ClF2O2/c1-4(12)13-8-6(10)2-5(9)3-7(8)11/h2-3H,1H3. The van der Waals surface area contributed by atoms with Gasteiger partial charge in [-0.05, 0) is 12.1 Å². The molecule has 0 amide bonds. The molecule has 0 aromatic heterocycles. The zero-order valence-corrected chi connectivity index (χ0v) is 7.36. The fourth-order valence-corrected chi connectivity index (χ4v) is 0.962. The molecular weight excluding hydrogens is 202 g/mol. The summed E-state index contributed by atoms with van der Waals surface area (Å²) in [4.78, 5) is 10.4. The third kappa shape index (κ3) is 2.39. The van der Waals surface area contributed by atoms with Crippen LogP contribution in [0.3, 0.4) is 0 Å². The first-order valence-electron chi connectivity index (χ1n) is 3.33. The van der Waals surface area contributed by atoms with Crippen LogP contribution in [0.4, 0.5) is 8.78 Å². The van der Waals surface area contributed by atoms with E-state index in [0.717, 1.165) is 19.1 Å². The largest absolute Gasteiger partial charge is 0.420 e. The Bertz CT molecular complexity index is 329. The summed E-state index contributed by atoms with van der Waals surface area (Å²) in [5, 5.41) is -0.0918. The Morgan fingerprint density at radius 1 is 1.38 bits per heavy atom. The van der Waals surface area contributed by atoms with Crippen LogP contribution in [0.5, 0.6) is 5.75 Å². The third-order valence-corrected chi connectivity index (χ3v) is 1.43. The molecule has 1 rings (SSSR count). The van der Waals surface area contributed by atoms with Crippen LogP contribution < -0.4 is 4.74 Å². The number of carbonyl (C=O) groups excluding carboxylic acids is 1. The van der Waals surface area contributed by atoms with Gasteiger partial charge < -0.3 is 4.74 Å². The van der Waals surface area contributed by atoms with E-state index in [2.05, 4.69) is 4.74 Å². The number of carbonyl (C=O) groups is 1. The zero-order chi connectivity index (χ0) is 10.0. The summed E-state index contributed by atoms with van der Waals surface area (Å²) < 4.78 is 30.0. The predicted molar refractivity (Wildman–Crippen MR) is 42.7 cm³/mol. The molecule has 70 valence electrons. The number of esters is 1. The van der Waals surface area contributed by atoms with E-state index in [9.17, 15) is 13.6 Å². The smallest absolute Gasteiger partial charge is 0.308 e. The molecule has 5 heteroatoms. The van der Waals surface area contributed by atoms with Crippen molar-refractivity contribution < 1.29 is 18.3 Å². The number of ether oxygens (including phenoxy) is 1. The average Bonchev–Trinajstić information content (AvgIpc) is 1.96. The third-order valence-electron chi connectivity index (χ3n) is 1.21. The lowest BCUT2D eigenvalue weighted by atomic mass is 10.3. The van der Waals surface area contributed by atoms with Gasteiger partial charge in [-0.2, -0.15) is 0 Å². The Hall–Kier alpha value is -1.16. The van der Waals surface area contributed by atoms with Gasteiger partial charge in [0.2, 0.25) is 5.75 Å². The molecule has 0 saturated heterocycles. The number of rotatable bonds is 1. The van der Waals surface area contributed by atoms with Gasteiger partial charge in [-0.15, -0.1) is 0 Å². The lowest BCUT2D eigenvalue weighted by Crippen LogP contribution is -2.05. The summed E-state index contributed by atoms with van der Waals surface area (Å²) >= 11 is 5.34. The highest BCUT2D eigenvalue weighted by Crippen LogP contribution is 2.25. The minimum Gasteiger partial charge on any atom is -0.420 e. The van der Waals surface area contributed by atoms with Gasteiger partial charge in [0.05, 0.1) is 0 Å². The fraction of sp³-hybridized carbons (Fsp3) is 0.125. The van der Waals surface area contributed by atoms with E-state index >= 15 is 0 Å². The van der Waals surface area contributed by atoms with Crippen molar-refractivity contribution in [1.82, 2.24) is 0 Å². The van der Waals surface area contributed by atoms with Crippen LogP contribution in [-0.4, -0.2) is 5.97 Å². The van der Waals surface area contributed by atoms with Crippen molar-refractivity contribution in [3.63, 3.8) is 0 Å². The maximum atomic E-state index is 12.9. The first kappa shape index (κ1) is 9.92. The van der Waals surface area contributed by atoms with E-state index in [4.69, 9.17) is 11.6 Å². The summed E-state index contributed by atoms with van der Waals surface area (Å²) in [7, 11) is 0. The number of hydrogen-bond acceptors (Lipinski definition) is 2. The van der Waals surface area contributed by atoms with Gasteiger partial charge in [0.25, 0.3) is 0 Å². The summed E-state index contributed by atoms with van der Waals surface area (Å²) in [6, 6.07) is 1.73. The molecule has 0 aliphatic carbocycles. The van der Waals surface area contributed by atoms with E-state index in [1.54, 1.807) is 0 Å². The van der Waals surface area contributed by atoms with Crippen LogP contribution in [0.25, 0.3) is 0 Å². The van der Waals surface area contributed by atoms with Crippen molar-refractivity contribution in [2.75, 3.05) is 0 Å². The first-order valence-corrected chi connectivity index (χ1v) is 3.71. The molecule has 0 N–H and O–H groups in total. The summed E-state index contributed by atoms with van der Waals surface area (Å²) in [6.07, 6.45) is 0. The second-order valence-electron chi connectivity index (χ2n) is 2.29. The van der Waals surface area contributed by atoms with E-state index < -0.39 is 23.4 Å². The molecule has 0 bridgehead atoms. The Labute approximate surface area is 78.1 Å². The van der Waals surface area contributed by atoms with E-state index in [-0.39, 0.29) is 5.02 Å². The maximum Gasteiger partial charge on any atom is 0.308 e. The molecule has 0 saturated carbocycles. The molecule has 0 aliphatic rings. The predicted octanol–water partition coefficient (Wildman–Crippen LogP) is 2.54. The Kier molecular flexibility index (Phi) is 2.83.